The van der Waals surface area contributed by atoms with Gasteiger partial charge >= 0.3 is 0 Å². The number of ether oxygens (including phenoxy) is 2. The van der Waals surface area contributed by atoms with E-state index in [9.17, 15) is 9.59 Å². The molecule has 1 aromatic carbocycles. The minimum absolute atomic E-state index is 0.0703. The fourth-order valence-electron chi connectivity index (χ4n) is 5.06. The van der Waals surface area contributed by atoms with Gasteiger partial charge in [-0.05, 0) is 50.9 Å². The van der Waals surface area contributed by atoms with Crippen LogP contribution in [0, 0.1) is 11.3 Å². The molecule has 3 saturated heterocycles. The number of nitrogens with zero attached hydrogens (tertiary/aromatic N) is 3. The van der Waals surface area contributed by atoms with Gasteiger partial charge in [0.15, 0.2) is 0 Å². The van der Waals surface area contributed by atoms with Crippen molar-refractivity contribution < 1.29 is 19.1 Å². The molecule has 0 atom stereocenters. The maximum atomic E-state index is 13.2. The highest BCUT2D eigenvalue weighted by molar-refractivity contribution is 6.30. The highest BCUT2D eigenvalue weighted by Gasteiger charge is 2.41. The van der Waals surface area contributed by atoms with E-state index in [-0.39, 0.29) is 23.1 Å². The summed E-state index contributed by atoms with van der Waals surface area (Å²) in [5.41, 5.74) is -0.283. The lowest BCUT2D eigenvalue weighted by Crippen LogP contribution is -2.51. The van der Waals surface area contributed by atoms with E-state index in [2.05, 4.69) is 11.9 Å². The molecule has 3 fully saturated rings. The molecule has 0 radical (unpaired) electrons. The van der Waals surface area contributed by atoms with Crippen LogP contribution < -0.4 is 4.74 Å². The summed E-state index contributed by atoms with van der Waals surface area (Å²) < 4.78 is 11.6. The Balaban J connectivity index is 1.41. The Morgan fingerprint density at radius 2 is 1.76 bits per heavy atom. The van der Waals surface area contributed by atoms with Crippen LogP contribution in [0.3, 0.4) is 0 Å². The van der Waals surface area contributed by atoms with Crippen molar-refractivity contribution in [1.82, 2.24) is 14.7 Å². The van der Waals surface area contributed by atoms with E-state index < -0.39 is 0 Å². The number of hydrogen-bond acceptors (Lipinski definition) is 5. The van der Waals surface area contributed by atoms with Gasteiger partial charge < -0.3 is 24.2 Å². The lowest BCUT2D eigenvalue weighted by Gasteiger charge is -2.43. The predicted octanol–water partition coefficient (Wildman–Crippen LogP) is 2.92. The zero-order valence-electron chi connectivity index (χ0n) is 19.6. The van der Waals surface area contributed by atoms with Crippen LogP contribution >= 0.6 is 11.6 Å². The molecule has 0 spiro atoms. The summed E-state index contributed by atoms with van der Waals surface area (Å²) in [6.45, 7) is 6.49. The lowest BCUT2D eigenvalue weighted by molar-refractivity contribution is -0.143. The van der Waals surface area contributed by atoms with E-state index >= 15 is 0 Å². The van der Waals surface area contributed by atoms with Crippen molar-refractivity contribution in [2.45, 2.75) is 32.1 Å². The Morgan fingerprint density at radius 3 is 2.42 bits per heavy atom. The quantitative estimate of drug-likeness (QED) is 0.630. The van der Waals surface area contributed by atoms with Crippen molar-refractivity contribution in [1.29, 1.82) is 0 Å². The van der Waals surface area contributed by atoms with Gasteiger partial charge in [-0.3, -0.25) is 9.59 Å². The largest absolute Gasteiger partial charge is 0.493 e. The number of piperazine rings is 1. The van der Waals surface area contributed by atoms with Gasteiger partial charge in [0, 0.05) is 75.3 Å². The van der Waals surface area contributed by atoms with Gasteiger partial charge in [0.05, 0.1) is 6.61 Å². The molecule has 0 aromatic heterocycles. The van der Waals surface area contributed by atoms with Gasteiger partial charge in [0.2, 0.25) is 11.8 Å². The molecule has 7 nitrogen and oxygen atoms in total. The molecule has 33 heavy (non-hydrogen) atoms. The van der Waals surface area contributed by atoms with Crippen LogP contribution in [0.5, 0.6) is 5.75 Å². The van der Waals surface area contributed by atoms with Gasteiger partial charge in [0.25, 0.3) is 0 Å². The van der Waals surface area contributed by atoms with Crippen molar-refractivity contribution in [3.05, 3.63) is 29.3 Å². The molecule has 1 aromatic rings. The van der Waals surface area contributed by atoms with E-state index in [1.54, 1.807) is 6.07 Å². The Hall–Kier alpha value is -1.83. The number of piperidine rings is 1. The fraction of sp³-hybridized carbons (Fsp3) is 0.680. The molecule has 3 heterocycles. The molecule has 2 amide bonds. The van der Waals surface area contributed by atoms with Crippen LogP contribution in [0.4, 0.5) is 0 Å². The number of carbonyl (C=O) groups excluding carboxylic acids is 2. The Bertz CT molecular complexity index is 814. The van der Waals surface area contributed by atoms with Crippen molar-refractivity contribution in [3.8, 4) is 5.75 Å². The first kappa shape index (κ1) is 24.3. The number of halogens is 1. The minimum Gasteiger partial charge on any atom is -0.493 e. The standard InChI is InChI=1S/C25H36ClN3O4/c1-27-11-13-28(14-12-27)23(30)18-25(19-33-22-4-2-3-21(26)17-22)7-9-29(10-8-25)24(31)20-5-15-32-16-6-20/h2-4,17,20H,5-16,18-19H2,1H3. The van der Waals surface area contributed by atoms with E-state index in [0.717, 1.165) is 57.6 Å². The minimum atomic E-state index is -0.283. The first-order valence-corrected chi connectivity index (χ1v) is 12.5. The van der Waals surface area contributed by atoms with Crippen molar-refractivity contribution in [3.63, 3.8) is 0 Å². The first-order valence-electron chi connectivity index (χ1n) is 12.2. The number of amides is 2. The van der Waals surface area contributed by atoms with Crippen molar-refractivity contribution >= 4 is 23.4 Å². The first-order chi connectivity index (χ1) is 15.9. The number of rotatable bonds is 6. The van der Waals surface area contributed by atoms with Crippen LogP contribution in [0.25, 0.3) is 0 Å². The normalized spacial score (nSPS) is 22.2. The van der Waals surface area contributed by atoms with Gasteiger partial charge in [-0.15, -0.1) is 0 Å². The van der Waals surface area contributed by atoms with Gasteiger partial charge in [-0.25, -0.2) is 0 Å². The molecule has 182 valence electrons. The third-order valence-electron chi connectivity index (χ3n) is 7.43. The summed E-state index contributed by atoms with van der Waals surface area (Å²) in [5, 5.41) is 0.631. The molecular formula is C25H36ClN3O4. The van der Waals surface area contributed by atoms with Crippen molar-refractivity contribution in [2.24, 2.45) is 11.3 Å². The zero-order chi connectivity index (χ0) is 23.3. The summed E-state index contributed by atoms with van der Waals surface area (Å²) >= 11 is 6.13. The summed E-state index contributed by atoms with van der Waals surface area (Å²) in [7, 11) is 2.09. The molecule has 3 aliphatic rings. The fourth-order valence-corrected chi connectivity index (χ4v) is 5.24. The number of carbonyl (C=O) groups is 2. The second-order valence-corrected chi connectivity index (χ2v) is 10.3. The third-order valence-corrected chi connectivity index (χ3v) is 7.66. The van der Waals surface area contributed by atoms with Gasteiger partial charge in [-0.2, -0.15) is 0 Å². The Labute approximate surface area is 201 Å². The van der Waals surface area contributed by atoms with Crippen LogP contribution in [0.2, 0.25) is 5.02 Å². The maximum absolute atomic E-state index is 13.2. The average Bonchev–Trinajstić information content (AvgIpc) is 2.84. The molecule has 0 saturated carbocycles. The van der Waals surface area contributed by atoms with E-state index in [0.29, 0.717) is 44.4 Å². The smallest absolute Gasteiger partial charge is 0.225 e. The molecule has 4 rings (SSSR count). The van der Waals surface area contributed by atoms with E-state index in [4.69, 9.17) is 21.1 Å². The molecule has 0 N–H and O–H groups in total. The number of hydrogen-bond donors (Lipinski definition) is 0. The average molecular weight is 478 g/mol. The SMILES string of the molecule is CN1CCN(C(=O)CC2(COc3cccc(Cl)c3)CCN(C(=O)C3CCOCC3)CC2)CC1. The summed E-state index contributed by atoms with van der Waals surface area (Å²) in [6, 6.07) is 7.39. The molecule has 3 aliphatic heterocycles. The number of benzene rings is 1. The van der Waals surface area contributed by atoms with Crippen molar-refractivity contribution in [2.75, 3.05) is 66.1 Å². The third kappa shape index (κ3) is 6.40. The van der Waals surface area contributed by atoms with E-state index in [1.165, 1.54) is 0 Å². The van der Waals surface area contributed by atoms with Crippen LogP contribution in [0.1, 0.15) is 32.1 Å². The maximum Gasteiger partial charge on any atom is 0.225 e. The van der Waals surface area contributed by atoms with Gasteiger partial charge in [0.1, 0.15) is 5.75 Å². The topological polar surface area (TPSA) is 62.3 Å². The number of likely N-dealkylation sites (tertiary alicyclic amines) is 1. The van der Waals surface area contributed by atoms with Crippen LogP contribution in [-0.4, -0.2) is 92.7 Å². The molecule has 0 bridgehead atoms. The van der Waals surface area contributed by atoms with E-state index in [1.807, 2.05) is 28.0 Å². The highest BCUT2D eigenvalue weighted by atomic mass is 35.5. The van der Waals surface area contributed by atoms with Crippen LogP contribution in [0.15, 0.2) is 24.3 Å². The monoisotopic (exact) mass is 477 g/mol. The Morgan fingerprint density at radius 1 is 1.06 bits per heavy atom. The molecular weight excluding hydrogens is 442 g/mol. The zero-order valence-corrected chi connectivity index (χ0v) is 20.4. The second-order valence-electron chi connectivity index (χ2n) is 9.82. The van der Waals surface area contributed by atoms with Gasteiger partial charge in [-0.1, -0.05) is 17.7 Å². The summed E-state index contributed by atoms with van der Waals surface area (Å²) in [6.07, 6.45) is 3.60. The number of likely N-dealkylation sites (N-methyl/N-ethyl adjacent to an activating group) is 1. The second kappa shape index (κ2) is 11.1. The molecule has 0 aliphatic carbocycles. The molecule has 0 unspecified atom stereocenters. The predicted molar refractivity (Wildman–Crippen MR) is 127 cm³/mol. The highest BCUT2D eigenvalue weighted by Crippen LogP contribution is 2.37. The summed E-state index contributed by atoms with van der Waals surface area (Å²) in [5.74, 6) is 1.23. The molecule has 8 heteroatoms. The summed E-state index contributed by atoms with van der Waals surface area (Å²) in [4.78, 5) is 32.5. The van der Waals surface area contributed by atoms with Crippen LogP contribution in [-0.2, 0) is 14.3 Å². The Kier molecular flexibility index (Phi) is 8.15. The lowest BCUT2D eigenvalue weighted by atomic mass is 9.75.